The van der Waals surface area contributed by atoms with Gasteiger partial charge in [-0.1, -0.05) is 30.7 Å². The molecular weight excluding hydrogens is 336 g/mol. The molecule has 1 aliphatic heterocycles. The van der Waals surface area contributed by atoms with Gasteiger partial charge in [-0.15, -0.1) is 0 Å². The Balaban J connectivity index is 1.88. The third-order valence-corrected chi connectivity index (χ3v) is 6.47. The van der Waals surface area contributed by atoms with Crippen molar-refractivity contribution in [2.45, 2.75) is 36.7 Å². The van der Waals surface area contributed by atoms with Crippen molar-refractivity contribution in [3.63, 3.8) is 0 Å². The Morgan fingerprint density at radius 2 is 1.92 bits per heavy atom. The minimum atomic E-state index is -3.53. The molecule has 0 saturated carbocycles. The molecule has 1 fully saturated rings. The van der Waals surface area contributed by atoms with E-state index in [1.54, 1.807) is 17.5 Å². The normalized spacial score (nSPS) is 19.4. The van der Waals surface area contributed by atoms with Gasteiger partial charge < -0.3 is 4.90 Å². The van der Waals surface area contributed by atoms with Gasteiger partial charge in [0.2, 0.25) is 10.0 Å². The number of aromatic nitrogens is 2. The summed E-state index contributed by atoms with van der Waals surface area (Å²) >= 11 is 0. The minimum Gasteiger partial charge on any atom is -0.305 e. The summed E-state index contributed by atoms with van der Waals surface area (Å²) < 4.78 is 29.3. The van der Waals surface area contributed by atoms with Crippen molar-refractivity contribution in [3.8, 4) is 0 Å². The summed E-state index contributed by atoms with van der Waals surface area (Å²) in [7, 11) is 2.28. The molecule has 2 heterocycles. The Bertz CT molecular complexity index is 812. The summed E-state index contributed by atoms with van der Waals surface area (Å²) in [5, 5.41) is 4.02. The van der Waals surface area contributed by atoms with Crippen LogP contribution in [0.25, 0.3) is 0 Å². The summed E-state index contributed by atoms with van der Waals surface area (Å²) in [6.07, 6.45) is 5.80. The molecule has 1 unspecified atom stereocenters. The van der Waals surface area contributed by atoms with E-state index < -0.39 is 10.0 Å². The molecule has 1 saturated heterocycles. The number of nitrogens with zero attached hydrogens (tertiary/aromatic N) is 4. The third kappa shape index (κ3) is 3.94. The van der Waals surface area contributed by atoms with Gasteiger partial charge in [-0.3, -0.25) is 4.68 Å². The van der Waals surface area contributed by atoms with E-state index >= 15 is 0 Å². The molecule has 0 radical (unpaired) electrons. The van der Waals surface area contributed by atoms with Gasteiger partial charge >= 0.3 is 0 Å². The highest BCUT2D eigenvalue weighted by Crippen LogP contribution is 2.35. The van der Waals surface area contributed by atoms with Crippen molar-refractivity contribution in [3.05, 3.63) is 47.8 Å². The van der Waals surface area contributed by atoms with Crippen molar-refractivity contribution in [1.29, 1.82) is 0 Å². The van der Waals surface area contributed by atoms with Gasteiger partial charge in [-0.2, -0.15) is 9.40 Å². The van der Waals surface area contributed by atoms with Gasteiger partial charge in [-0.05, 0) is 38.1 Å². The first kappa shape index (κ1) is 18.1. The molecule has 1 aliphatic rings. The fourth-order valence-corrected chi connectivity index (χ4v) is 5.07. The molecule has 136 valence electrons. The predicted molar refractivity (Wildman–Crippen MR) is 97.5 cm³/mol. The molecule has 2 aromatic rings. The largest absolute Gasteiger partial charge is 0.305 e. The zero-order valence-electron chi connectivity index (χ0n) is 15.1. The molecule has 1 aromatic carbocycles. The van der Waals surface area contributed by atoms with Crippen molar-refractivity contribution >= 4 is 10.0 Å². The minimum absolute atomic E-state index is 0.104. The molecule has 7 heteroatoms. The maximum Gasteiger partial charge on any atom is 0.246 e. The number of piperidine rings is 1. The van der Waals surface area contributed by atoms with E-state index in [4.69, 9.17) is 0 Å². The van der Waals surface area contributed by atoms with Gasteiger partial charge in [-0.25, -0.2) is 8.42 Å². The van der Waals surface area contributed by atoms with Gasteiger partial charge in [0.15, 0.2) is 0 Å². The van der Waals surface area contributed by atoms with Crippen LogP contribution in [0.2, 0.25) is 0 Å². The van der Waals surface area contributed by atoms with Crippen LogP contribution in [0.1, 0.15) is 36.4 Å². The Hall–Kier alpha value is -1.70. The second kappa shape index (κ2) is 7.27. The summed E-state index contributed by atoms with van der Waals surface area (Å²) in [5.41, 5.74) is 2.29. The smallest absolute Gasteiger partial charge is 0.246 e. The van der Waals surface area contributed by atoms with E-state index in [1.807, 2.05) is 14.1 Å². The molecule has 3 rings (SSSR count). The molecule has 0 amide bonds. The fraction of sp³-hybridized carbons (Fsp3) is 0.500. The van der Waals surface area contributed by atoms with Crippen LogP contribution in [0.4, 0.5) is 0 Å². The number of sulfonamides is 1. The van der Waals surface area contributed by atoms with Crippen molar-refractivity contribution in [2.75, 3.05) is 20.6 Å². The molecule has 6 nitrogen and oxygen atoms in total. The second-order valence-electron chi connectivity index (χ2n) is 6.96. The second-order valence-corrected chi connectivity index (χ2v) is 8.85. The van der Waals surface area contributed by atoms with E-state index in [2.05, 4.69) is 34.3 Å². The summed E-state index contributed by atoms with van der Waals surface area (Å²) in [6.45, 7) is 1.43. The first-order chi connectivity index (χ1) is 11.9. The van der Waals surface area contributed by atoms with Gasteiger partial charge in [0.1, 0.15) is 4.90 Å². The monoisotopic (exact) mass is 362 g/mol. The molecular formula is C18H26N4O2S. The van der Waals surface area contributed by atoms with Crippen LogP contribution in [-0.2, 0) is 23.6 Å². The molecule has 1 aromatic heterocycles. The zero-order chi connectivity index (χ0) is 18.0. The van der Waals surface area contributed by atoms with Gasteiger partial charge in [0, 0.05) is 26.3 Å². The van der Waals surface area contributed by atoms with Crippen LogP contribution in [0.5, 0.6) is 0 Å². The van der Waals surface area contributed by atoms with Crippen molar-refractivity contribution < 1.29 is 8.42 Å². The first-order valence-corrected chi connectivity index (χ1v) is 10.1. The predicted octanol–water partition coefficient (Wildman–Crippen LogP) is 2.40. The van der Waals surface area contributed by atoms with E-state index in [0.717, 1.165) is 31.4 Å². The molecule has 0 bridgehead atoms. The van der Waals surface area contributed by atoms with E-state index in [-0.39, 0.29) is 10.9 Å². The Morgan fingerprint density at radius 3 is 2.52 bits per heavy atom. The summed E-state index contributed by atoms with van der Waals surface area (Å²) in [5.74, 6) is 0. The lowest BCUT2D eigenvalue weighted by Gasteiger charge is -2.34. The van der Waals surface area contributed by atoms with Gasteiger partial charge in [0.05, 0.1) is 12.2 Å². The molecule has 25 heavy (non-hydrogen) atoms. The highest BCUT2D eigenvalue weighted by Gasteiger charge is 2.35. The standard InChI is InChI=1S/C18H26N4O2S/c1-20(2)13-15-7-9-16(10-8-15)18-6-4-5-11-22(18)25(23,24)17-12-19-21(3)14-17/h7-10,12,14,18H,4-6,11,13H2,1-3H3. The maximum absolute atomic E-state index is 13.1. The Kier molecular flexibility index (Phi) is 5.27. The van der Waals surface area contributed by atoms with E-state index in [1.165, 1.54) is 16.4 Å². The van der Waals surface area contributed by atoms with Gasteiger partial charge in [0.25, 0.3) is 0 Å². The summed E-state index contributed by atoms with van der Waals surface area (Å²) in [6, 6.07) is 8.23. The maximum atomic E-state index is 13.1. The highest BCUT2D eigenvalue weighted by molar-refractivity contribution is 7.89. The summed E-state index contributed by atoms with van der Waals surface area (Å²) in [4.78, 5) is 2.39. The van der Waals surface area contributed by atoms with Crippen LogP contribution >= 0.6 is 0 Å². The van der Waals surface area contributed by atoms with Crippen molar-refractivity contribution in [1.82, 2.24) is 19.0 Å². The van der Waals surface area contributed by atoms with Crippen LogP contribution < -0.4 is 0 Å². The molecule has 0 spiro atoms. The molecule has 0 N–H and O–H groups in total. The fourth-order valence-electron chi connectivity index (χ4n) is 3.40. The number of hydrogen-bond donors (Lipinski definition) is 0. The first-order valence-electron chi connectivity index (χ1n) is 8.62. The number of benzene rings is 1. The highest BCUT2D eigenvalue weighted by atomic mass is 32.2. The SMILES string of the molecule is CN(C)Cc1ccc(C2CCCCN2S(=O)(=O)c2cnn(C)c2)cc1. The Labute approximate surface area is 150 Å². The topological polar surface area (TPSA) is 58.4 Å². The Morgan fingerprint density at radius 1 is 1.20 bits per heavy atom. The lowest BCUT2D eigenvalue weighted by molar-refractivity contribution is 0.256. The third-order valence-electron chi connectivity index (χ3n) is 4.60. The number of aryl methyl sites for hydroxylation is 1. The van der Waals surface area contributed by atoms with E-state index in [0.29, 0.717) is 6.54 Å². The lowest BCUT2D eigenvalue weighted by Crippen LogP contribution is -2.38. The van der Waals surface area contributed by atoms with Crippen LogP contribution in [0.3, 0.4) is 0 Å². The number of hydrogen-bond acceptors (Lipinski definition) is 4. The number of rotatable bonds is 5. The van der Waals surface area contributed by atoms with Crippen LogP contribution in [0, 0.1) is 0 Å². The quantitative estimate of drug-likeness (QED) is 0.819. The van der Waals surface area contributed by atoms with Crippen molar-refractivity contribution in [2.24, 2.45) is 7.05 Å². The zero-order valence-corrected chi connectivity index (χ0v) is 15.9. The van der Waals surface area contributed by atoms with E-state index in [9.17, 15) is 8.42 Å². The lowest BCUT2D eigenvalue weighted by atomic mass is 9.96. The average molecular weight is 362 g/mol. The average Bonchev–Trinajstić information content (AvgIpc) is 3.02. The van der Waals surface area contributed by atoms with Crippen LogP contribution in [0.15, 0.2) is 41.6 Å². The molecule has 1 atom stereocenters. The van der Waals surface area contributed by atoms with Crippen LogP contribution in [-0.4, -0.2) is 48.0 Å². The molecule has 0 aliphatic carbocycles.